The van der Waals surface area contributed by atoms with Crippen LogP contribution in [0.2, 0.25) is 0 Å². The molecule has 27 heavy (non-hydrogen) atoms. The lowest BCUT2D eigenvalue weighted by molar-refractivity contribution is -0.304. The van der Waals surface area contributed by atoms with Crippen molar-refractivity contribution < 1.29 is 14.6 Å². The fourth-order valence-corrected chi connectivity index (χ4v) is 4.70. The lowest BCUT2D eigenvalue weighted by atomic mass is 9.71. The van der Waals surface area contributed by atoms with Crippen LogP contribution in [0, 0.1) is 11.8 Å². The predicted octanol–water partition coefficient (Wildman–Crippen LogP) is 3.84. The van der Waals surface area contributed by atoms with Crippen LogP contribution in [0.3, 0.4) is 0 Å². The van der Waals surface area contributed by atoms with Gasteiger partial charge in [0, 0.05) is 33.8 Å². The molecule has 1 aromatic carbocycles. The molecule has 3 nitrogen and oxygen atoms in total. The van der Waals surface area contributed by atoms with Gasteiger partial charge in [-0.3, -0.25) is 0 Å². The minimum absolute atomic E-state index is 0.0573. The number of thiophene rings is 1. The fourth-order valence-electron chi connectivity index (χ4n) is 3.85. The lowest BCUT2D eigenvalue weighted by Gasteiger charge is -2.38. The van der Waals surface area contributed by atoms with Gasteiger partial charge in [-0.15, -0.1) is 11.3 Å². The van der Waals surface area contributed by atoms with E-state index in [2.05, 4.69) is 44.7 Å². The van der Waals surface area contributed by atoms with Crippen LogP contribution >= 0.6 is 11.3 Å². The van der Waals surface area contributed by atoms with Crippen LogP contribution in [0.25, 0.3) is 0 Å². The molecule has 2 aromatic rings. The van der Waals surface area contributed by atoms with Gasteiger partial charge in [-0.05, 0) is 55.5 Å². The molecule has 0 N–H and O–H groups in total. The van der Waals surface area contributed by atoms with Gasteiger partial charge in [-0.1, -0.05) is 32.6 Å². The fraction of sp³-hybridized carbons (Fsp3) is 0.435. The number of carbonyl (C=O) groups is 1. The van der Waals surface area contributed by atoms with Crippen LogP contribution in [-0.2, 0) is 23.1 Å². The first kappa shape index (κ1) is 19.5. The maximum Gasteiger partial charge on any atom is 0.123 e. The number of aryl methyl sites for hydroxylation is 1. The van der Waals surface area contributed by atoms with E-state index in [-0.39, 0.29) is 11.8 Å². The van der Waals surface area contributed by atoms with E-state index in [0.717, 1.165) is 53.4 Å². The molecule has 0 unspecified atom stereocenters. The molecule has 4 heteroatoms. The molecule has 2 heterocycles. The van der Waals surface area contributed by atoms with E-state index in [4.69, 9.17) is 4.74 Å². The number of carboxylic acid groups (broad SMARTS) is 1. The second-order valence-corrected chi connectivity index (χ2v) is 8.18. The van der Waals surface area contributed by atoms with Gasteiger partial charge in [0.25, 0.3) is 0 Å². The summed E-state index contributed by atoms with van der Waals surface area (Å²) in [5.41, 5.74) is 3.68. The van der Waals surface area contributed by atoms with Gasteiger partial charge in [0.2, 0.25) is 0 Å². The van der Waals surface area contributed by atoms with Crippen molar-refractivity contribution in [3.63, 3.8) is 0 Å². The number of rotatable bonds is 5. The molecule has 0 fully saturated rings. The van der Waals surface area contributed by atoms with Crippen molar-refractivity contribution in [2.45, 2.75) is 58.3 Å². The van der Waals surface area contributed by atoms with E-state index in [1.165, 1.54) is 22.5 Å². The zero-order chi connectivity index (χ0) is 19.4. The van der Waals surface area contributed by atoms with Crippen LogP contribution in [-0.4, -0.2) is 12.6 Å². The van der Waals surface area contributed by atoms with Gasteiger partial charge in [0.05, 0.1) is 11.5 Å². The number of aliphatic carboxylic acids is 1. The Hall–Kier alpha value is -2.25. The summed E-state index contributed by atoms with van der Waals surface area (Å²) < 4.78 is 5.98. The molecule has 0 spiro atoms. The number of hydrogen-bond acceptors (Lipinski definition) is 4. The smallest absolute Gasteiger partial charge is 0.123 e. The van der Waals surface area contributed by atoms with Crippen LogP contribution < -0.4 is 9.84 Å². The Morgan fingerprint density at radius 3 is 2.67 bits per heavy atom. The highest BCUT2D eigenvalue weighted by Crippen LogP contribution is 2.44. The quantitative estimate of drug-likeness (QED) is 0.740. The molecule has 0 aliphatic carbocycles. The molecule has 142 valence electrons. The molecule has 1 aliphatic rings. The Balaban J connectivity index is 1.99. The molecular formula is C23H25O3S-. The van der Waals surface area contributed by atoms with Crippen molar-refractivity contribution >= 4 is 17.3 Å². The SMILES string of the molecule is CCc1cc2c(cc1C#Cc1ccc(CC(=O)[O-])s1)C(CC)(CC)CCO2. The Bertz CT molecular complexity index is 894. The van der Waals surface area contributed by atoms with Crippen LogP contribution in [0.4, 0.5) is 0 Å². The lowest BCUT2D eigenvalue weighted by Crippen LogP contribution is -2.32. The first-order chi connectivity index (χ1) is 13.0. The third-order valence-corrected chi connectivity index (χ3v) is 6.65. The van der Waals surface area contributed by atoms with Gasteiger partial charge in [0.1, 0.15) is 5.75 Å². The normalized spacial score (nSPS) is 14.6. The van der Waals surface area contributed by atoms with E-state index in [1.54, 1.807) is 0 Å². The van der Waals surface area contributed by atoms with E-state index in [0.29, 0.717) is 0 Å². The average molecular weight is 382 g/mol. The van der Waals surface area contributed by atoms with Crippen molar-refractivity contribution in [1.29, 1.82) is 0 Å². The van der Waals surface area contributed by atoms with Crippen molar-refractivity contribution in [3.8, 4) is 17.6 Å². The third-order valence-electron chi connectivity index (χ3n) is 5.65. The maximum atomic E-state index is 10.7. The molecule has 0 bridgehead atoms. The summed E-state index contributed by atoms with van der Waals surface area (Å²) in [7, 11) is 0. The number of benzene rings is 1. The summed E-state index contributed by atoms with van der Waals surface area (Å²) in [6.45, 7) is 7.41. The Labute approximate surface area is 165 Å². The molecule has 1 aromatic heterocycles. The molecule has 3 rings (SSSR count). The first-order valence-electron chi connectivity index (χ1n) is 9.62. The molecule has 0 saturated carbocycles. The zero-order valence-corrected chi connectivity index (χ0v) is 17.0. The maximum absolute atomic E-state index is 10.7. The summed E-state index contributed by atoms with van der Waals surface area (Å²) in [5, 5.41) is 10.7. The molecule has 0 atom stereocenters. The van der Waals surface area contributed by atoms with Crippen molar-refractivity contribution in [2.75, 3.05) is 6.61 Å². The summed E-state index contributed by atoms with van der Waals surface area (Å²) in [6.07, 6.45) is 4.07. The minimum atomic E-state index is -1.06. The summed E-state index contributed by atoms with van der Waals surface area (Å²) in [6, 6.07) is 8.08. The number of hydrogen-bond donors (Lipinski definition) is 0. The monoisotopic (exact) mass is 381 g/mol. The van der Waals surface area contributed by atoms with Gasteiger partial charge in [-0.2, -0.15) is 0 Å². The highest BCUT2D eigenvalue weighted by molar-refractivity contribution is 7.12. The van der Waals surface area contributed by atoms with Crippen molar-refractivity contribution in [2.24, 2.45) is 0 Å². The number of fused-ring (bicyclic) bond motifs is 1. The second kappa shape index (κ2) is 8.19. The average Bonchev–Trinajstić information content (AvgIpc) is 3.11. The van der Waals surface area contributed by atoms with Gasteiger partial charge in [0.15, 0.2) is 0 Å². The van der Waals surface area contributed by atoms with Gasteiger partial charge < -0.3 is 14.6 Å². The summed E-state index contributed by atoms with van der Waals surface area (Å²) >= 11 is 1.41. The zero-order valence-electron chi connectivity index (χ0n) is 16.2. The second-order valence-electron chi connectivity index (χ2n) is 7.01. The van der Waals surface area contributed by atoms with E-state index in [9.17, 15) is 9.90 Å². The molecule has 1 aliphatic heterocycles. The van der Waals surface area contributed by atoms with E-state index < -0.39 is 5.97 Å². The molecule has 0 saturated heterocycles. The van der Waals surface area contributed by atoms with Crippen LogP contribution in [0.15, 0.2) is 24.3 Å². The van der Waals surface area contributed by atoms with Crippen LogP contribution in [0.5, 0.6) is 5.75 Å². The van der Waals surface area contributed by atoms with Crippen molar-refractivity contribution in [3.05, 3.63) is 50.7 Å². The standard InChI is InChI=1S/C23H26O3S/c1-4-16-14-21-20(23(5-2,6-3)11-12-26-21)13-17(16)7-8-18-9-10-19(27-18)15-22(24)25/h9-10,13-14H,4-6,11-12,15H2,1-3H3,(H,24,25)/p-1. The summed E-state index contributed by atoms with van der Waals surface area (Å²) in [5.74, 6) is 6.49. The van der Waals surface area contributed by atoms with Crippen molar-refractivity contribution in [1.82, 2.24) is 0 Å². The molecule has 0 amide bonds. The number of ether oxygens (including phenoxy) is 1. The van der Waals surface area contributed by atoms with Gasteiger partial charge in [-0.25, -0.2) is 0 Å². The highest BCUT2D eigenvalue weighted by atomic mass is 32.1. The Morgan fingerprint density at radius 2 is 2.00 bits per heavy atom. The highest BCUT2D eigenvalue weighted by Gasteiger charge is 2.35. The largest absolute Gasteiger partial charge is 0.550 e. The van der Waals surface area contributed by atoms with Crippen LogP contribution in [0.1, 0.15) is 66.5 Å². The number of carbonyl (C=O) groups excluding carboxylic acids is 1. The first-order valence-corrected chi connectivity index (χ1v) is 10.4. The molecule has 0 radical (unpaired) electrons. The topological polar surface area (TPSA) is 49.4 Å². The van der Waals surface area contributed by atoms with Gasteiger partial charge >= 0.3 is 0 Å². The summed E-state index contributed by atoms with van der Waals surface area (Å²) in [4.78, 5) is 12.4. The third kappa shape index (κ3) is 4.04. The Morgan fingerprint density at radius 1 is 1.22 bits per heavy atom. The van der Waals surface area contributed by atoms with E-state index in [1.807, 2.05) is 12.1 Å². The Kier molecular flexibility index (Phi) is 5.92. The van der Waals surface area contributed by atoms with E-state index >= 15 is 0 Å². The predicted molar refractivity (Wildman–Crippen MR) is 107 cm³/mol. The molecular weight excluding hydrogens is 356 g/mol. The number of carboxylic acids is 1. The minimum Gasteiger partial charge on any atom is -0.550 e.